The summed E-state index contributed by atoms with van der Waals surface area (Å²) in [5.74, 6) is 0.629. The molecule has 1 aromatic heterocycles. The van der Waals surface area contributed by atoms with Gasteiger partial charge in [0.05, 0.1) is 6.54 Å². The van der Waals surface area contributed by atoms with Crippen molar-refractivity contribution in [2.75, 3.05) is 18.5 Å². The van der Waals surface area contributed by atoms with Crippen LogP contribution in [-0.4, -0.2) is 45.9 Å². The summed E-state index contributed by atoms with van der Waals surface area (Å²) < 4.78 is 11.0. The third-order valence-electron chi connectivity index (χ3n) is 4.62. The van der Waals surface area contributed by atoms with E-state index in [1.165, 1.54) is 0 Å². The number of carbonyl (C=O) groups excluding carboxylic acids is 2. The number of nitrogens with zero attached hydrogens (tertiary/aromatic N) is 2. The lowest BCUT2D eigenvalue weighted by Crippen LogP contribution is -2.40. The van der Waals surface area contributed by atoms with E-state index in [-0.39, 0.29) is 18.6 Å². The highest BCUT2D eigenvalue weighted by molar-refractivity contribution is 6.32. The molecular weight excluding hydrogens is 408 g/mol. The lowest BCUT2D eigenvalue weighted by atomic mass is 10.1. The van der Waals surface area contributed by atoms with Crippen LogP contribution in [0.15, 0.2) is 12.1 Å². The lowest BCUT2D eigenvalue weighted by molar-refractivity contribution is -0.118. The largest absolute Gasteiger partial charge is 0.484 e. The van der Waals surface area contributed by atoms with Crippen molar-refractivity contribution in [1.82, 2.24) is 15.1 Å². The fourth-order valence-electron chi connectivity index (χ4n) is 3.19. The zero-order valence-electron chi connectivity index (χ0n) is 17.9. The van der Waals surface area contributed by atoms with Gasteiger partial charge in [0, 0.05) is 29.2 Å². The van der Waals surface area contributed by atoms with Crippen molar-refractivity contribution in [1.29, 1.82) is 0 Å². The average molecular weight is 435 g/mol. The maximum absolute atomic E-state index is 12.4. The van der Waals surface area contributed by atoms with Crippen LogP contribution in [0.3, 0.4) is 0 Å². The van der Waals surface area contributed by atoms with Crippen molar-refractivity contribution in [3.63, 3.8) is 0 Å². The second-order valence-corrected chi connectivity index (χ2v) is 8.77. The van der Waals surface area contributed by atoms with E-state index < -0.39 is 5.60 Å². The van der Waals surface area contributed by atoms with E-state index in [1.807, 2.05) is 34.6 Å². The molecule has 1 aromatic carbocycles. The van der Waals surface area contributed by atoms with Gasteiger partial charge in [-0.15, -0.1) is 0 Å². The summed E-state index contributed by atoms with van der Waals surface area (Å²) in [5, 5.41) is 10.6. The van der Waals surface area contributed by atoms with Crippen LogP contribution in [0.1, 0.15) is 43.2 Å². The molecule has 0 radical (unpaired) electrons. The van der Waals surface area contributed by atoms with E-state index in [9.17, 15) is 9.59 Å². The summed E-state index contributed by atoms with van der Waals surface area (Å²) in [4.78, 5) is 26.4. The molecule has 9 heteroatoms. The Morgan fingerprint density at radius 1 is 1.27 bits per heavy atom. The predicted molar refractivity (Wildman–Crippen MR) is 114 cm³/mol. The number of H-pyrrole nitrogens is 1. The van der Waals surface area contributed by atoms with Crippen LogP contribution in [0, 0.1) is 13.8 Å². The van der Waals surface area contributed by atoms with Gasteiger partial charge < -0.3 is 19.7 Å². The van der Waals surface area contributed by atoms with Crippen molar-refractivity contribution in [2.45, 2.75) is 53.2 Å². The molecule has 162 valence electrons. The van der Waals surface area contributed by atoms with Crippen LogP contribution in [0.4, 0.5) is 10.6 Å². The molecule has 0 saturated carbocycles. The number of benzene rings is 1. The summed E-state index contributed by atoms with van der Waals surface area (Å²) in [7, 11) is 0. The maximum Gasteiger partial charge on any atom is 0.410 e. The molecule has 1 aliphatic heterocycles. The molecule has 0 bridgehead atoms. The number of carbonyl (C=O) groups is 2. The van der Waals surface area contributed by atoms with Gasteiger partial charge in [0.15, 0.2) is 12.4 Å². The maximum atomic E-state index is 12.4. The Balaban J connectivity index is 1.61. The minimum Gasteiger partial charge on any atom is -0.484 e. The number of nitrogens with one attached hydrogen (secondary N) is 2. The van der Waals surface area contributed by atoms with Gasteiger partial charge in [-0.05, 0) is 57.9 Å². The molecule has 3 rings (SSSR count). The molecule has 0 unspecified atom stereocenters. The Labute approximate surface area is 180 Å². The fourth-order valence-corrected chi connectivity index (χ4v) is 3.30. The third kappa shape index (κ3) is 5.24. The van der Waals surface area contributed by atoms with E-state index >= 15 is 0 Å². The molecule has 30 heavy (non-hydrogen) atoms. The number of anilines is 1. The van der Waals surface area contributed by atoms with Gasteiger partial charge in [0.1, 0.15) is 11.4 Å². The molecule has 0 atom stereocenters. The number of ether oxygens (including phenoxy) is 2. The molecule has 1 aliphatic rings. The molecule has 2 heterocycles. The highest BCUT2D eigenvalue weighted by Crippen LogP contribution is 2.27. The summed E-state index contributed by atoms with van der Waals surface area (Å²) in [6.07, 6.45) is 0.223. The Kier molecular flexibility index (Phi) is 6.26. The van der Waals surface area contributed by atoms with Crippen LogP contribution < -0.4 is 10.1 Å². The Morgan fingerprint density at radius 2 is 1.93 bits per heavy atom. The average Bonchev–Trinajstić information content (AvgIpc) is 3.05. The van der Waals surface area contributed by atoms with Gasteiger partial charge in [0.25, 0.3) is 5.91 Å². The van der Waals surface area contributed by atoms with Crippen LogP contribution in [-0.2, 0) is 22.5 Å². The third-order valence-corrected chi connectivity index (χ3v) is 5.22. The second kappa shape index (κ2) is 8.55. The normalized spacial score (nSPS) is 13.6. The zero-order chi connectivity index (χ0) is 22.1. The Hall–Kier alpha value is -2.74. The van der Waals surface area contributed by atoms with Gasteiger partial charge in [-0.1, -0.05) is 11.6 Å². The minimum atomic E-state index is -0.569. The van der Waals surface area contributed by atoms with Gasteiger partial charge in [-0.25, -0.2) is 4.79 Å². The molecular formula is C21H27ClN4O4. The molecule has 2 N–H and O–H groups in total. The van der Waals surface area contributed by atoms with E-state index in [4.69, 9.17) is 21.1 Å². The number of hydrogen-bond donors (Lipinski definition) is 2. The number of hydrogen-bond acceptors (Lipinski definition) is 5. The monoisotopic (exact) mass is 434 g/mol. The summed E-state index contributed by atoms with van der Waals surface area (Å²) in [6.45, 7) is 9.92. The van der Waals surface area contributed by atoms with E-state index in [0.717, 1.165) is 22.4 Å². The van der Waals surface area contributed by atoms with Crippen LogP contribution in [0.25, 0.3) is 0 Å². The summed E-state index contributed by atoms with van der Waals surface area (Å²) in [5.41, 5.74) is 2.88. The topological polar surface area (TPSA) is 96.5 Å². The molecule has 2 amide bonds. The number of aromatic amines is 1. The standard InChI is InChI=1S/C21H27ClN4O4/c1-12-8-14(9-13(2)18(12)22)29-11-17(27)23-19-15-10-26(7-6-16(15)24-25-19)20(28)30-21(3,4)5/h8-9H,6-7,10-11H2,1-5H3,(H2,23,24,25,27). The molecule has 0 aliphatic carbocycles. The quantitative estimate of drug-likeness (QED) is 0.758. The van der Waals surface area contributed by atoms with Crippen molar-refractivity contribution < 1.29 is 19.1 Å². The van der Waals surface area contributed by atoms with Crippen molar-refractivity contribution >= 4 is 29.4 Å². The smallest absolute Gasteiger partial charge is 0.410 e. The van der Waals surface area contributed by atoms with E-state index in [2.05, 4.69) is 15.5 Å². The second-order valence-electron chi connectivity index (χ2n) is 8.39. The minimum absolute atomic E-state index is 0.169. The van der Waals surface area contributed by atoms with Crippen molar-refractivity contribution in [3.05, 3.63) is 39.5 Å². The van der Waals surface area contributed by atoms with Gasteiger partial charge in [-0.3, -0.25) is 9.89 Å². The van der Waals surface area contributed by atoms with Gasteiger partial charge in [-0.2, -0.15) is 5.10 Å². The van der Waals surface area contributed by atoms with E-state index in [1.54, 1.807) is 17.0 Å². The van der Waals surface area contributed by atoms with Crippen LogP contribution >= 0.6 is 11.6 Å². The lowest BCUT2D eigenvalue weighted by Gasteiger charge is -2.30. The molecule has 0 saturated heterocycles. The first-order valence-corrected chi connectivity index (χ1v) is 10.1. The summed E-state index contributed by atoms with van der Waals surface area (Å²) >= 11 is 6.16. The summed E-state index contributed by atoms with van der Waals surface area (Å²) in [6, 6.07) is 3.58. The highest BCUT2D eigenvalue weighted by atomic mass is 35.5. The fraction of sp³-hybridized carbons (Fsp3) is 0.476. The first kappa shape index (κ1) is 22.0. The highest BCUT2D eigenvalue weighted by Gasteiger charge is 2.29. The molecule has 8 nitrogen and oxygen atoms in total. The zero-order valence-corrected chi connectivity index (χ0v) is 18.6. The number of aryl methyl sites for hydroxylation is 2. The van der Waals surface area contributed by atoms with E-state index in [0.29, 0.717) is 36.1 Å². The van der Waals surface area contributed by atoms with Gasteiger partial charge in [0.2, 0.25) is 0 Å². The first-order chi connectivity index (χ1) is 14.0. The SMILES string of the molecule is Cc1cc(OCC(=O)Nc2n[nH]c3c2CN(C(=O)OC(C)(C)C)CC3)cc(C)c1Cl. The van der Waals surface area contributed by atoms with Crippen molar-refractivity contribution in [3.8, 4) is 5.75 Å². The number of fused-ring (bicyclic) bond motifs is 1. The number of amides is 2. The first-order valence-electron chi connectivity index (χ1n) is 9.77. The van der Waals surface area contributed by atoms with Crippen molar-refractivity contribution in [2.24, 2.45) is 0 Å². The number of halogens is 1. The molecule has 0 fully saturated rings. The number of aromatic nitrogens is 2. The molecule has 0 spiro atoms. The Bertz CT molecular complexity index is 941. The molecule has 2 aromatic rings. The number of rotatable bonds is 4. The van der Waals surface area contributed by atoms with Crippen LogP contribution in [0.5, 0.6) is 5.75 Å². The Morgan fingerprint density at radius 3 is 2.57 bits per heavy atom. The van der Waals surface area contributed by atoms with Gasteiger partial charge >= 0.3 is 6.09 Å². The van der Waals surface area contributed by atoms with Crippen LogP contribution in [0.2, 0.25) is 5.02 Å². The predicted octanol–water partition coefficient (Wildman–Crippen LogP) is 3.99.